The third-order valence-corrected chi connectivity index (χ3v) is 5.74. The summed E-state index contributed by atoms with van der Waals surface area (Å²) in [5, 5.41) is 1.67. The molecular weight excluding hydrogens is 512 g/mol. The molecule has 6 nitrogen and oxygen atoms in total. The molecular formula is C25H12BrClO6. The van der Waals surface area contributed by atoms with E-state index in [1.165, 1.54) is 12.1 Å². The van der Waals surface area contributed by atoms with E-state index in [0.29, 0.717) is 32.5 Å². The first kappa shape index (κ1) is 21.2. The van der Waals surface area contributed by atoms with E-state index in [1.807, 2.05) is 6.07 Å². The molecule has 3 aromatic carbocycles. The lowest BCUT2D eigenvalue weighted by Crippen LogP contribution is -2.09. The van der Waals surface area contributed by atoms with Gasteiger partial charge >= 0.3 is 17.2 Å². The molecule has 0 radical (unpaired) electrons. The molecule has 0 unspecified atom stereocenters. The monoisotopic (exact) mass is 522 g/mol. The molecule has 0 aliphatic carbocycles. The quantitative estimate of drug-likeness (QED) is 0.159. The summed E-state index contributed by atoms with van der Waals surface area (Å²) in [5.74, 6) is -0.414. The zero-order valence-corrected chi connectivity index (χ0v) is 19.0. The number of fused-ring (bicyclic) bond motifs is 2. The molecule has 162 valence electrons. The van der Waals surface area contributed by atoms with Crippen LogP contribution in [0.1, 0.15) is 10.4 Å². The highest BCUT2D eigenvalue weighted by molar-refractivity contribution is 9.10. The normalized spacial score (nSPS) is 11.1. The maximum Gasteiger partial charge on any atom is 0.344 e. The molecule has 0 amide bonds. The third kappa shape index (κ3) is 4.20. The van der Waals surface area contributed by atoms with E-state index in [4.69, 9.17) is 25.2 Å². The number of halogens is 2. The van der Waals surface area contributed by atoms with Crippen LogP contribution in [0.2, 0.25) is 5.02 Å². The number of carbonyl (C=O) groups is 1. The van der Waals surface area contributed by atoms with Crippen molar-refractivity contribution in [1.82, 2.24) is 0 Å². The average molecular weight is 524 g/mol. The van der Waals surface area contributed by atoms with Gasteiger partial charge in [0, 0.05) is 38.0 Å². The molecule has 2 heterocycles. The topological polar surface area (TPSA) is 86.7 Å². The second kappa shape index (κ2) is 8.35. The second-order valence-electron chi connectivity index (χ2n) is 7.16. The number of ether oxygens (including phenoxy) is 1. The molecule has 0 bridgehead atoms. The number of rotatable bonds is 3. The van der Waals surface area contributed by atoms with Crippen LogP contribution in [0.5, 0.6) is 5.75 Å². The first-order chi connectivity index (χ1) is 15.9. The van der Waals surface area contributed by atoms with Crippen molar-refractivity contribution in [2.75, 3.05) is 0 Å². The van der Waals surface area contributed by atoms with Crippen LogP contribution in [0.25, 0.3) is 33.1 Å². The Labute approximate surface area is 199 Å². The number of hydrogen-bond acceptors (Lipinski definition) is 6. The van der Waals surface area contributed by atoms with Crippen molar-refractivity contribution in [3.05, 3.63) is 109 Å². The Balaban J connectivity index is 1.59. The van der Waals surface area contributed by atoms with E-state index in [9.17, 15) is 14.4 Å². The van der Waals surface area contributed by atoms with Gasteiger partial charge in [0.2, 0.25) is 0 Å². The smallest absolute Gasteiger partial charge is 0.344 e. The molecule has 0 N–H and O–H groups in total. The van der Waals surface area contributed by atoms with Crippen molar-refractivity contribution in [1.29, 1.82) is 0 Å². The lowest BCUT2D eigenvalue weighted by molar-refractivity contribution is 0.0735. The predicted octanol–water partition coefficient (Wildman–Crippen LogP) is 6.20. The molecule has 0 fully saturated rings. The first-order valence-electron chi connectivity index (χ1n) is 9.67. The van der Waals surface area contributed by atoms with E-state index in [0.717, 1.165) is 4.47 Å². The van der Waals surface area contributed by atoms with E-state index >= 15 is 0 Å². The minimum atomic E-state index is -0.660. The zero-order chi connectivity index (χ0) is 23.1. The fourth-order valence-corrected chi connectivity index (χ4v) is 3.97. The summed E-state index contributed by atoms with van der Waals surface area (Å²) in [5.41, 5.74) is 0.220. The second-order valence-corrected chi connectivity index (χ2v) is 8.52. The molecule has 33 heavy (non-hydrogen) atoms. The summed E-state index contributed by atoms with van der Waals surface area (Å²) in [6.45, 7) is 0. The summed E-state index contributed by atoms with van der Waals surface area (Å²) < 4.78 is 17.0. The highest BCUT2D eigenvalue weighted by atomic mass is 79.9. The molecule has 0 atom stereocenters. The molecule has 5 aromatic rings. The van der Waals surface area contributed by atoms with Gasteiger partial charge < -0.3 is 13.6 Å². The summed E-state index contributed by atoms with van der Waals surface area (Å²) in [7, 11) is 0. The average Bonchev–Trinajstić information content (AvgIpc) is 2.78. The summed E-state index contributed by atoms with van der Waals surface area (Å²) in [6.07, 6.45) is 0. The Bertz CT molecular complexity index is 1670. The van der Waals surface area contributed by atoms with Crippen LogP contribution in [-0.4, -0.2) is 5.97 Å². The first-order valence-corrected chi connectivity index (χ1v) is 10.8. The van der Waals surface area contributed by atoms with Gasteiger partial charge in [-0.1, -0.05) is 27.5 Å². The van der Waals surface area contributed by atoms with Gasteiger partial charge in [-0.3, -0.25) is 0 Å². The Hall–Kier alpha value is -3.68. The minimum absolute atomic E-state index is 0.160. The molecule has 5 rings (SSSR count). The van der Waals surface area contributed by atoms with Crippen LogP contribution in [-0.2, 0) is 0 Å². The highest BCUT2D eigenvalue weighted by Crippen LogP contribution is 2.30. The van der Waals surface area contributed by atoms with E-state index in [2.05, 4.69) is 15.9 Å². The Morgan fingerprint density at radius 2 is 1.61 bits per heavy atom. The highest BCUT2D eigenvalue weighted by Gasteiger charge is 2.16. The van der Waals surface area contributed by atoms with Crippen LogP contribution >= 0.6 is 27.5 Å². The fourth-order valence-electron chi connectivity index (χ4n) is 3.46. The Kier molecular flexibility index (Phi) is 5.36. The van der Waals surface area contributed by atoms with Crippen LogP contribution in [0.3, 0.4) is 0 Å². The number of carbonyl (C=O) groups excluding carboxylic acids is 1. The van der Waals surface area contributed by atoms with Crippen LogP contribution in [0.4, 0.5) is 0 Å². The van der Waals surface area contributed by atoms with E-state index < -0.39 is 17.2 Å². The van der Waals surface area contributed by atoms with Crippen molar-refractivity contribution in [3.8, 4) is 16.9 Å². The largest absolute Gasteiger partial charge is 0.423 e. The lowest BCUT2D eigenvalue weighted by Gasteiger charge is -2.08. The molecule has 0 aliphatic heterocycles. The number of esters is 1. The standard InChI is InChI=1S/C25H12BrClO6/c26-15-3-8-21-14(9-15)10-20(25(30)33-21)19-12-23(28)32-22-11-17(6-7-18(19)22)31-24(29)13-1-4-16(27)5-2-13/h1-12H. The Morgan fingerprint density at radius 3 is 2.39 bits per heavy atom. The Morgan fingerprint density at radius 1 is 0.818 bits per heavy atom. The van der Waals surface area contributed by atoms with Crippen LogP contribution < -0.4 is 16.0 Å². The van der Waals surface area contributed by atoms with Crippen molar-refractivity contribution < 1.29 is 18.4 Å². The van der Waals surface area contributed by atoms with E-state index in [-0.39, 0.29) is 16.9 Å². The summed E-state index contributed by atoms with van der Waals surface area (Å²) >= 11 is 9.25. The number of benzene rings is 3. The maximum atomic E-state index is 12.7. The zero-order valence-electron chi connectivity index (χ0n) is 16.6. The molecule has 0 saturated carbocycles. The maximum absolute atomic E-state index is 12.7. The van der Waals surface area contributed by atoms with E-state index in [1.54, 1.807) is 54.6 Å². The third-order valence-electron chi connectivity index (χ3n) is 4.99. The molecule has 0 aliphatic rings. The van der Waals surface area contributed by atoms with Gasteiger partial charge in [0.15, 0.2) is 0 Å². The molecule has 0 spiro atoms. The van der Waals surface area contributed by atoms with Crippen molar-refractivity contribution in [3.63, 3.8) is 0 Å². The molecule has 8 heteroatoms. The van der Waals surface area contributed by atoms with Gasteiger partial charge in [0.1, 0.15) is 16.9 Å². The van der Waals surface area contributed by atoms with Gasteiger partial charge in [-0.15, -0.1) is 0 Å². The van der Waals surface area contributed by atoms with Crippen molar-refractivity contribution in [2.45, 2.75) is 0 Å². The van der Waals surface area contributed by atoms with Crippen molar-refractivity contribution in [2.24, 2.45) is 0 Å². The summed E-state index contributed by atoms with van der Waals surface area (Å²) in [6, 6.07) is 19.0. The SMILES string of the molecule is O=C(Oc1ccc2c(-c3cc4cc(Br)ccc4oc3=O)cc(=O)oc2c1)c1ccc(Cl)cc1. The molecule has 0 saturated heterocycles. The lowest BCUT2D eigenvalue weighted by atomic mass is 10.0. The molecule has 2 aromatic heterocycles. The summed E-state index contributed by atoms with van der Waals surface area (Å²) in [4.78, 5) is 37.3. The van der Waals surface area contributed by atoms with Gasteiger partial charge in [0.25, 0.3) is 0 Å². The van der Waals surface area contributed by atoms with Gasteiger partial charge in [-0.05, 0) is 60.7 Å². The van der Waals surface area contributed by atoms with Crippen molar-refractivity contribution >= 4 is 55.4 Å². The fraction of sp³-hybridized carbons (Fsp3) is 0. The minimum Gasteiger partial charge on any atom is -0.423 e. The van der Waals surface area contributed by atoms with Crippen LogP contribution in [0, 0.1) is 0 Å². The number of hydrogen-bond donors (Lipinski definition) is 0. The van der Waals surface area contributed by atoms with Gasteiger partial charge in [-0.2, -0.15) is 0 Å². The van der Waals surface area contributed by atoms with Crippen LogP contribution in [0.15, 0.2) is 95.7 Å². The van der Waals surface area contributed by atoms with Gasteiger partial charge in [0.05, 0.1) is 11.1 Å². The predicted molar refractivity (Wildman–Crippen MR) is 128 cm³/mol. The van der Waals surface area contributed by atoms with Gasteiger partial charge in [-0.25, -0.2) is 14.4 Å².